The summed E-state index contributed by atoms with van der Waals surface area (Å²) in [5.41, 5.74) is 0.743. The molecule has 7 heteroatoms. The van der Waals surface area contributed by atoms with Gasteiger partial charge in [0.1, 0.15) is 5.75 Å². The number of non-ortho nitro benzene ring substituents is 1. The van der Waals surface area contributed by atoms with Gasteiger partial charge in [-0.05, 0) is 13.0 Å². The topological polar surface area (TPSA) is 93.9 Å². The molecule has 0 spiro atoms. The molecule has 0 aliphatic carbocycles. The number of rotatable bonds is 10. The lowest BCUT2D eigenvalue weighted by atomic mass is 10.1. The summed E-state index contributed by atoms with van der Waals surface area (Å²) in [6.45, 7) is 3.71. The third-order valence-corrected chi connectivity index (χ3v) is 2.85. The molecular weight excluding hydrogens is 276 g/mol. The molecule has 0 bridgehead atoms. The zero-order valence-corrected chi connectivity index (χ0v) is 12.4. The molecule has 1 unspecified atom stereocenters. The fraction of sp³-hybridized carbons (Fsp3) is 0.571. The summed E-state index contributed by atoms with van der Waals surface area (Å²) in [4.78, 5) is 10.4. The maximum absolute atomic E-state index is 10.8. The Morgan fingerprint density at radius 3 is 2.81 bits per heavy atom. The molecule has 0 radical (unpaired) electrons. The fourth-order valence-corrected chi connectivity index (χ4v) is 1.70. The van der Waals surface area contributed by atoms with Crippen molar-refractivity contribution in [2.75, 3.05) is 26.9 Å². The van der Waals surface area contributed by atoms with Crippen molar-refractivity contribution >= 4 is 5.69 Å². The van der Waals surface area contributed by atoms with Crippen molar-refractivity contribution < 1.29 is 19.5 Å². The maximum atomic E-state index is 10.8. The van der Waals surface area contributed by atoms with Crippen LogP contribution in [0.3, 0.4) is 0 Å². The number of nitro groups is 1. The number of nitrogens with zero attached hydrogens (tertiary/aromatic N) is 1. The molecule has 0 heterocycles. The van der Waals surface area contributed by atoms with Gasteiger partial charge in [0.05, 0.1) is 24.2 Å². The van der Waals surface area contributed by atoms with Crippen LogP contribution in [-0.4, -0.2) is 43.0 Å². The first-order chi connectivity index (χ1) is 10.0. The fourth-order valence-electron chi connectivity index (χ4n) is 1.70. The summed E-state index contributed by atoms with van der Waals surface area (Å²) < 4.78 is 10.5. The molecule has 0 aromatic heterocycles. The lowest BCUT2D eigenvalue weighted by molar-refractivity contribution is -0.384. The summed E-state index contributed by atoms with van der Waals surface area (Å²) in [6, 6.07) is 4.50. The number of nitro benzene ring substituents is 1. The third kappa shape index (κ3) is 6.52. The number of hydrogen-bond donors (Lipinski definition) is 2. The predicted molar refractivity (Wildman–Crippen MR) is 78.5 cm³/mol. The molecule has 0 saturated carbocycles. The molecule has 1 atom stereocenters. The van der Waals surface area contributed by atoms with Gasteiger partial charge in [0.2, 0.25) is 0 Å². The van der Waals surface area contributed by atoms with E-state index in [9.17, 15) is 15.2 Å². The van der Waals surface area contributed by atoms with Crippen LogP contribution in [0.2, 0.25) is 0 Å². The quantitative estimate of drug-likeness (QED) is 0.386. The smallest absolute Gasteiger partial charge is 0.270 e. The van der Waals surface area contributed by atoms with E-state index in [1.165, 1.54) is 12.1 Å². The molecule has 2 N–H and O–H groups in total. The Kier molecular flexibility index (Phi) is 7.66. The normalized spacial score (nSPS) is 12.1. The molecule has 118 valence electrons. The monoisotopic (exact) mass is 298 g/mol. The van der Waals surface area contributed by atoms with E-state index in [0.29, 0.717) is 44.0 Å². The summed E-state index contributed by atoms with van der Waals surface area (Å²) in [5, 5.41) is 23.2. The van der Waals surface area contributed by atoms with Crippen LogP contribution < -0.4 is 10.1 Å². The Morgan fingerprint density at radius 2 is 2.19 bits per heavy atom. The predicted octanol–water partition coefficient (Wildman–Crippen LogP) is 1.48. The second kappa shape index (κ2) is 9.28. The van der Waals surface area contributed by atoms with E-state index in [2.05, 4.69) is 5.32 Å². The van der Waals surface area contributed by atoms with Gasteiger partial charge in [-0.1, -0.05) is 0 Å². The minimum Gasteiger partial charge on any atom is -0.493 e. The zero-order valence-electron chi connectivity index (χ0n) is 12.4. The number of methoxy groups -OCH3 is 1. The van der Waals surface area contributed by atoms with E-state index >= 15 is 0 Å². The SMILES string of the molecule is COCCNCc1cc([N+](=O)[O-])ccc1OCCC(C)O. The average Bonchev–Trinajstić information content (AvgIpc) is 2.44. The Bertz CT molecular complexity index is 451. The second-order valence-electron chi connectivity index (χ2n) is 4.70. The van der Waals surface area contributed by atoms with Crippen molar-refractivity contribution in [3.05, 3.63) is 33.9 Å². The van der Waals surface area contributed by atoms with Crippen molar-refractivity contribution in [2.45, 2.75) is 26.0 Å². The highest BCUT2D eigenvalue weighted by atomic mass is 16.6. The van der Waals surface area contributed by atoms with Gasteiger partial charge >= 0.3 is 0 Å². The molecule has 7 nitrogen and oxygen atoms in total. The van der Waals surface area contributed by atoms with Gasteiger partial charge in [0.15, 0.2) is 0 Å². The van der Waals surface area contributed by atoms with Crippen LogP contribution in [0.5, 0.6) is 5.75 Å². The van der Waals surface area contributed by atoms with Crippen molar-refractivity contribution in [3.8, 4) is 5.75 Å². The van der Waals surface area contributed by atoms with Gasteiger partial charge in [0, 0.05) is 44.3 Å². The van der Waals surface area contributed by atoms with E-state index in [1.54, 1.807) is 20.1 Å². The minimum absolute atomic E-state index is 0.0291. The number of nitrogens with one attached hydrogen (secondary N) is 1. The summed E-state index contributed by atoms with van der Waals surface area (Å²) in [6.07, 6.45) is 0.0689. The lowest BCUT2D eigenvalue weighted by Gasteiger charge is -2.13. The first kappa shape index (κ1) is 17.4. The van der Waals surface area contributed by atoms with Crippen LogP contribution in [0.1, 0.15) is 18.9 Å². The Labute approximate surface area is 124 Å². The highest BCUT2D eigenvalue weighted by Gasteiger charge is 2.12. The van der Waals surface area contributed by atoms with E-state index < -0.39 is 11.0 Å². The Hall–Kier alpha value is -1.70. The molecule has 0 saturated heterocycles. The van der Waals surface area contributed by atoms with Crippen molar-refractivity contribution in [1.82, 2.24) is 5.32 Å². The van der Waals surface area contributed by atoms with Gasteiger partial charge in [-0.25, -0.2) is 0 Å². The molecule has 1 rings (SSSR count). The maximum Gasteiger partial charge on any atom is 0.270 e. The molecule has 1 aromatic rings. The molecule has 0 aliphatic rings. The van der Waals surface area contributed by atoms with Crippen LogP contribution in [0.4, 0.5) is 5.69 Å². The van der Waals surface area contributed by atoms with Crippen molar-refractivity contribution in [3.63, 3.8) is 0 Å². The lowest BCUT2D eigenvalue weighted by Crippen LogP contribution is -2.19. The summed E-state index contributed by atoms with van der Waals surface area (Å²) in [5.74, 6) is 0.589. The van der Waals surface area contributed by atoms with Crippen LogP contribution in [0.15, 0.2) is 18.2 Å². The molecular formula is C14H22N2O5. The van der Waals surface area contributed by atoms with E-state index in [0.717, 1.165) is 0 Å². The highest BCUT2D eigenvalue weighted by molar-refractivity contribution is 5.43. The van der Waals surface area contributed by atoms with Gasteiger partial charge in [-0.2, -0.15) is 0 Å². The van der Waals surface area contributed by atoms with Crippen LogP contribution in [0, 0.1) is 10.1 Å². The molecule has 0 amide bonds. The zero-order chi connectivity index (χ0) is 15.7. The van der Waals surface area contributed by atoms with Crippen LogP contribution >= 0.6 is 0 Å². The van der Waals surface area contributed by atoms with Gasteiger partial charge in [0.25, 0.3) is 5.69 Å². The minimum atomic E-state index is -0.439. The highest BCUT2D eigenvalue weighted by Crippen LogP contribution is 2.24. The number of ether oxygens (including phenoxy) is 2. The van der Waals surface area contributed by atoms with Crippen molar-refractivity contribution in [1.29, 1.82) is 0 Å². The van der Waals surface area contributed by atoms with Gasteiger partial charge in [-0.3, -0.25) is 10.1 Å². The molecule has 21 heavy (non-hydrogen) atoms. The van der Waals surface area contributed by atoms with E-state index in [1.807, 2.05) is 0 Å². The van der Waals surface area contributed by atoms with Crippen molar-refractivity contribution in [2.24, 2.45) is 0 Å². The number of aliphatic hydroxyl groups excluding tert-OH is 1. The molecule has 0 fully saturated rings. The first-order valence-electron chi connectivity index (χ1n) is 6.82. The van der Waals surface area contributed by atoms with Gasteiger partial charge < -0.3 is 19.9 Å². The third-order valence-electron chi connectivity index (χ3n) is 2.85. The number of aliphatic hydroxyl groups is 1. The average molecular weight is 298 g/mol. The number of hydrogen-bond acceptors (Lipinski definition) is 6. The summed E-state index contributed by atoms with van der Waals surface area (Å²) >= 11 is 0. The van der Waals surface area contributed by atoms with E-state index in [-0.39, 0.29) is 5.69 Å². The Morgan fingerprint density at radius 1 is 1.43 bits per heavy atom. The second-order valence-corrected chi connectivity index (χ2v) is 4.70. The molecule has 1 aromatic carbocycles. The first-order valence-corrected chi connectivity index (χ1v) is 6.82. The molecule has 0 aliphatic heterocycles. The largest absolute Gasteiger partial charge is 0.493 e. The van der Waals surface area contributed by atoms with E-state index in [4.69, 9.17) is 9.47 Å². The standard InChI is InChI=1S/C14H22N2O5/c1-11(17)5-7-21-14-4-3-13(16(18)19)9-12(14)10-15-6-8-20-2/h3-4,9,11,15,17H,5-8,10H2,1-2H3. The number of benzene rings is 1. The Balaban J connectivity index is 2.71. The summed E-state index contributed by atoms with van der Waals surface area (Å²) in [7, 11) is 1.61. The van der Waals surface area contributed by atoms with Crippen LogP contribution in [-0.2, 0) is 11.3 Å². The van der Waals surface area contributed by atoms with Crippen LogP contribution in [0.25, 0.3) is 0 Å². The van der Waals surface area contributed by atoms with Gasteiger partial charge in [-0.15, -0.1) is 0 Å².